The van der Waals surface area contributed by atoms with E-state index in [1.54, 1.807) is 12.5 Å². The molecule has 4 heteroatoms. The minimum Gasteiger partial charge on any atom is -0.363 e. The number of hydrogen-bond donors (Lipinski definition) is 0. The first-order chi connectivity index (χ1) is 13.4. The molecule has 0 radical (unpaired) electrons. The third kappa shape index (κ3) is 5.89. The van der Waals surface area contributed by atoms with Crippen LogP contribution in [-0.4, -0.2) is 24.0 Å². The molecule has 0 bridgehead atoms. The fraction of sp³-hybridized carbons (Fsp3) is 0.208. The van der Waals surface area contributed by atoms with Gasteiger partial charge in [0, 0.05) is 24.3 Å². The van der Waals surface area contributed by atoms with Crippen LogP contribution in [0.4, 0.5) is 5.69 Å². The minimum absolute atomic E-state index is 0.0702. The van der Waals surface area contributed by atoms with E-state index in [2.05, 4.69) is 29.2 Å². The maximum Gasteiger partial charge on any atom is 0.211 e. The van der Waals surface area contributed by atoms with Crippen LogP contribution in [0.25, 0.3) is 0 Å². The van der Waals surface area contributed by atoms with Crippen molar-refractivity contribution in [1.82, 2.24) is 0 Å². The van der Waals surface area contributed by atoms with Crippen LogP contribution in [0.5, 0.6) is 0 Å². The molecule has 28 heavy (non-hydrogen) atoms. The van der Waals surface area contributed by atoms with Gasteiger partial charge < -0.3 is 4.90 Å². The molecule has 3 aromatic rings. The second-order valence-electron chi connectivity index (χ2n) is 7.38. The van der Waals surface area contributed by atoms with Crippen molar-refractivity contribution >= 4 is 21.4 Å². The lowest BCUT2D eigenvalue weighted by atomic mass is 10.1. The molecule has 0 unspecified atom stereocenters. The third-order valence-electron chi connectivity index (χ3n) is 4.47. The maximum absolute atomic E-state index is 12.3. The van der Waals surface area contributed by atoms with Gasteiger partial charge in [0.15, 0.2) is 5.75 Å². The number of carbonyl (C=O) groups is 1. The SMILES string of the molecule is C[S+](C)(=O)CC(=O)c1ccc(N(Cc2ccccc2)Cc2ccccc2)cc1. The molecule has 0 N–H and O–H groups in total. The molecule has 0 heterocycles. The number of nitrogens with zero attached hydrogens (tertiary/aromatic N) is 1. The van der Waals surface area contributed by atoms with Gasteiger partial charge in [-0.05, 0) is 35.4 Å². The van der Waals surface area contributed by atoms with Crippen LogP contribution >= 0.6 is 0 Å². The first-order valence-electron chi connectivity index (χ1n) is 9.29. The van der Waals surface area contributed by atoms with Crippen molar-refractivity contribution in [3.05, 3.63) is 102 Å². The molecule has 0 saturated heterocycles. The van der Waals surface area contributed by atoms with E-state index >= 15 is 0 Å². The first-order valence-corrected chi connectivity index (χ1v) is 11.8. The van der Waals surface area contributed by atoms with Crippen molar-refractivity contribution in [2.75, 3.05) is 23.2 Å². The number of anilines is 1. The Hall–Kier alpha value is -2.72. The summed E-state index contributed by atoms with van der Waals surface area (Å²) in [5, 5.41) is 0. The minimum atomic E-state index is -2.09. The molecule has 0 aromatic heterocycles. The normalized spacial score (nSPS) is 11.2. The Morgan fingerprint density at radius 1 is 0.750 bits per heavy atom. The highest BCUT2D eigenvalue weighted by Crippen LogP contribution is 2.21. The molecule has 3 aromatic carbocycles. The third-order valence-corrected chi connectivity index (χ3v) is 5.42. The Bertz CT molecular complexity index is 905. The van der Waals surface area contributed by atoms with Crippen molar-refractivity contribution in [3.63, 3.8) is 0 Å². The van der Waals surface area contributed by atoms with Crippen LogP contribution in [0.15, 0.2) is 84.9 Å². The second kappa shape index (κ2) is 8.98. The van der Waals surface area contributed by atoms with Gasteiger partial charge in [0.2, 0.25) is 5.78 Å². The highest BCUT2D eigenvalue weighted by molar-refractivity contribution is 8.02. The summed E-state index contributed by atoms with van der Waals surface area (Å²) in [4.78, 5) is 14.6. The predicted octanol–water partition coefficient (Wildman–Crippen LogP) is 4.84. The van der Waals surface area contributed by atoms with E-state index in [0.29, 0.717) is 5.56 Å². The van der Waals surface area contributed by atoms with Crippen molar-refractivity contribution in [2.45, 2.75) is 13.1 Å². The van der Waals surface area contributed by atoms with Crippen molar-refractivity contribution < 1.29 is 9.00 Å². The van der Waals surface area contributed by atoms with Crippen molar-refractivity contribution in [2.24, 2.45) is 0 Å². The van der Waals surface area contributed by atoms with Gasteiger partial charge in [-0.2, -0.15) is 0 Å². The van der Waals surface area contributed by atoms with E-state index < -0.39 is 9.93 Å². The largest absolute Gasteiger partial charge is 0.363 e. The van der Waals surface area contributed by atoms with E-state index in [9.17, 15) is 9.00 Å². The van der Waals surface area contributed by atoms with Crippen LogP contribution in [0, 0.1) is 0 Å². The lowest BCUT2D eigenvalue weighted by Gasteiger charge is -2.25. The zero-order chi connectivity index (χ0) is 20.0. The topological polar surface area (TPSA) is 37.4 Å². The predicted molar refractivity (Wildman–Crippen MR) is 118 cm³/mol. The molecule has 0 aliphatic rings. The standard InChI is InChI=1S/C24H26NO2S/c1-28(2,27)19-24(26)22-13-15-23(16-14-22)25(17-20-9-5-3-6-10-20)18-21-11-7-4-8-12-21/h3-16H,17-19H2,1-2H3/q+1. The maximum atomic E-state index is 12.3. The second-order valence-corrected chi connectivity index (χ2v) is 10.5. The molecular weight excluding hydrogens is 366 g/mol. The summed E-state index contributed by atoms with van der Waals surface area (Å²) in [5.41, 5.74) is 4.13. The molecule has 0 aliphatic carbocycles. The lowest BCUT2D eigenvalue weighted by Crippen LogP contribution is -2.22. The van der Waals surface area contributed by atoms with Gasteiger partial charge in [0.05, 0.1) is 9.93 Å². The molecule has 3 rings (SSSR count). The Morgan fingerprint density at radius 2 is 1.21 bits per heavy atom. The zero-order valence-electron chi connectivity index (χ0n) is 16.4. The van der Waals surface area contributed by atoms with Gasteiger partial charge in [-0.25, -0.2) is 0 Å². The van der Waals surface area contributed by atoms with Gasteiger partial charge in [-0.1, -0.05) is 60.7 Å². The van der Waals surface area contributed by atoms with Gasteiger partial charge in [-0.15, -0.1) is 4.21 Å². The van der Waals surface area contributed by atoms with E-state index in [-0.39, 0.29) is 11.5 Å². The first kappa shape index (κ1) is 20.0. The fourth-order valence-electron chi connectivity index (χ4n) is 3.10. The highest BCUT2D eigenvalue weighted by atomic mass is 32.2. The number of hydrogen-bond acceptors (Lipinski definition) is 3. The quantitative estimate of drug-likeness (QED) is 0.407. The summed E-state index contributed by atoms with van der Waals surface area (Å²) in [7, 11) is -2.09. The van der Waals surface area contributed by atoms with Crippen LogP contribution in [0.1, 0.15) is 21.5 Å². The van der Waals surface area contributed by atoms with Crippen LogP contribution in [-0.2, 0) is 27.2 Å². The molecule has 3 nitrogen and oxygen atoms in total. The summed E-state index contributed by atoms with van der Waals surface area (Å²) in [5.74, 6) is 0.0172. The van der Waals surface area contributed by atoms with Gasteiger partial charge in [-0.3, -0.25) is 4.79 Å². The summed E-state index contributed by atoms with van der Waals surface area (Å²) < 4.78 is 11.9. The Labute approximate surface area is 168 Å². The molecule has 0 aliphatic heterocycles. The average Bonchev–Trinajstić information content (AvgIpc) is 2.68. The van der Waals surface area contributed by atoms with Gasteiger partial charge >= 0.3 is 0 Å². The number of ketones is 1. The molecular formula is C24H26NO2S+. The number of carbonyl (C=O) groups excluding carboxylic acids is 1. The molecule has 0 atom stereocenters. The summed E-state index contributed by atoms with van der Waals surface area (Å²) in [6.45, 7) is 1.56. The summed E-state index contributed by atoms with van der Waals surface area (Å²) in [6, 6.07) is 28.3. The zero-order valence-corrected chi connectivity index (χ0v) is 17.2. The van der Waals surface area contributed by atoms with E-state index in [1.165, 1.54) is 11.1 Å². The van der Waals surface area contributed by atoms with Crippen molar-refractivity contribution in [3.8, 4) is 0 Å². The lowest BCUT2D eigenvalue weighted by molar-refractivity contribution is 0.102. The molecule has 144 valence electrons. The smallest absolute Gasteiger partial charge is 0.211 e. The summed E-state index contributed by atoms with van der Waals surface area (Å²) in [6.07, 6.45) is 3.25. The monoisotopic (exact) mass is 392 g/mol. The molecule has 0 fully saturated rings. The van der Waals surface area contributed by atoms with Crippen LogP contribution in [0.3, 0.4) is 0 Å². The van der Waals surface area contributed by atoms with E-state index in [4.69, 9.17) is 0 Å². The highest BCUT2D eigenvalue weighted by Gasteiger charge is 2.20. The fourth-order valence-corrected chi connectivity index (χ4v) is 3.90. The van der Waals surface area contributed by atoms with E-state index in [0.717, 1.165) is 18.8 Å². The number of benzene rings is 3. The molecule has 0 saturated carbocycles. The number of rotatable bonds is 8. The molecule has 0 spiro atoms. The Kier molecular flexibility index (Phi) is 6.42. The summed E-state index contributed by atoms with van der Waals surface area (Å²) >= 11 is 0. The van der Waals surface area contributed by atoms with Crippen LogP contribution < -0.4 is 4.90 Å². The van der Waals surface area contributed by atoms with Crippen molar-refractivity contribution in [1.29, 1.82) is 0 Å². The Balaban J connectivity index is 1.83. The Morgan fingerprint density at radius 3 is 1.64 bits per heavy atom. The van der Waals surface area contributed by atoms with Gasteiger partial charge in [0.1, 0.15) is 12.5 Å². The van der Waals surface area contributed by atoms with Gasteiger partial charge in [0.25, 0.3) is 0 Å². The number of Topliss-reactive ketones (excluding diaryl/α,β-unsaturated/α-hetero) is 1. The average molecular weight is 393 g/mol. The van der Waals surface area contributed by atoms with E-state index in [1.807, 2.05) is 60.7 Å². The molecule has 0 amide bonds. The van der Waals surface area contributed by atoms with Crippen LogP contribution in [0.2, 0.25) is 0 Å².